The fraction of sp³-hybridized carbons (Fsp3) is 0.105. The number of halogens is 1. The van der Waals surface area contributed by atoms with E-state index in [1.165, 1.54) is 18.2 Å². The van der Waals surface area contributed by atoms with E-state index in [9.17, 15) is 19.7 Å². The molecule has 0 aromatic heterocycles. The molecule has 0 spiro atoms. The number of cyclic esters (lactones) is 1. The van der Waals surface area contributed by atoms with Gasteiger partial charge in [-0.25, -0.2) is 9.79 Å². The van der Waals surface area contributed by atoms with Crippen LogP contribution in [0.4, 0.5) is 5.69 Å². The van der Waals surface area contributed by atoms with Crippen molar-refractivity contribution in [2.45, 2.75) is 13.3 Å². The van der Waals surface area contributed by atoms with E-state index in [1.54, 1.807) is 31.2 Å². The van der Waals surface area contributed by atoms with Gasteiger partial charge in [-0.05, 0) is 29.8 Å². The van der Waals surface area contributed by atoms with E-state index in [1.807, 2.05) is 0 Å². The van der Waals surface area contributed by atoms with E-state index in [2.05, 4.69) is 4.99 Å². The molecule has 2 aromatic rings. The molecule has 9 heteroatoms. The summed E-state index contributed by atoms with van der Waals surface area (Å²) >= 11 is 6.04. The highest BCUT2D eigenvalue weighted by Crippen LogP contribution is 2.27. The van der Waals surface area contributed by atoms with Gasteiger partial charge in [0.1, 0.15) is 5.75 Å². The van der Waals surface area contributed by atoms with Gasteiger partial charge in [-0.1, -0.05) is 30.7 Å². The number of nitro groups is 1. The van der Waals surface area contributed by atoms with Gasteiger partial charge < -0.3 is 9.47 Å². The molecule has 0 saturated heterocycles. The predicted molar refractivity (Wildman–Crippen MR) is 101 cm³/mol. The minimum Gasteiger partial charge on any atom is -0.427 e. The summed E-state index contributed by atoms with van der Waals surface area (Å²) in [4.78, 5) is 37.7. The quantitative estimate of drug-likeness (QED) is 0.247. The van der Waals surface area contributed by atoms with Gasteiger partial charge in [0.2, 0.25) is 5.90 Å². The third-order valence-electron chi connectivity index (χ3n) is 3.72. The van der Waals surface area contributed by atoms with Crippen LogP contribution in [-0.2, 0) is 14.3 Å². The Kier molecular flexibility index (Phi) is 5.51. The van der Waals surface area contributed by atoms with Crippen LogP contribution in [0.5, 0.6) is 5.75 Å². The minimum absolute atomic E-state index is 0.0374. The van der Waals surface area contributed by atoms with Gasteiger partial charge in [0.25, 0.3) is 5.69 Å². The Bertz CT molecular complexity index is 1030. The summed E-state index contributed by atoms with van der Waals surface area (Å²) in [6.07, 6.45) is 1.76. The fourth-order valence-electron chi connectivity index (χ4n) is 2.31. The Hall–Kier alpha value is -3.52. The van der Waals surface area contributed by atoms with Crippen molar-refractivity contribution in [3.63, 3.8) is 0 Å². The number of carbonyl (C=O) groups excluding carboxylic acids is 2. The third kappa shape index (κ3) is 4.24. The summed E-state index contributed by atoms with van der Waals surface area (Å²) in [5, 5.41) is 10.8. The Morgan fingerprint density at radius 2 is 2.00 bits per heavy atom. The van der Waals surface area contributed by atoms with Crippen molar-refractivity contribution >= 4 is 41.2 Å². The van der Waals surface area contributed by atoms with Crippen LogP contribution in [0, 0.1) is 10.1 Å². The molecule has 0 saturated carbocycles. The van der Waals surface area contributed by atoms with Crippen LogP contribution in [0.15, 0.2) is 53.2 Å². The molecule has 0 aliphatic carbocycles. The molecule has 0 radical (unpaired) electrons. The van der Waals surface area contributed by atoms with Gasteiger partial charge >= 0.3 is 11.9 Å². The monoisotopic (exact) mass is 400 g/mol. The number of nitrogens with zero attached hydrogens (tertiary/aromatic N) is 2. The first kappa shape index (κ1) is 19.2. The Morgan fingerprint density at radius 3 is 2.61 bits per heavy atom. The zero-order valence-electron chi connectivity index (χ0n) is 14.5. The molecule has 0 fully saturated rings. The highest BCUT2D eigenvalue weighted by Gasteiger charge is 2.26. The van der Waals surface area contributed by atoms with Gasteiger partial charge in [0, 0.05) is 18.6 Å². The average Bonchev–Trinajstić information content (AvgIpc) is 3.03. The van der Waals surface area contributed by atoms with E-state index in [0.717, 1.165) is 6.07 Å². The van der Waals surface area contributed by atoms with Gasteiger partial charge in [-0.2, -0.15) is 0 Å². The summed E-state index contributed by atoms with van der Waals surface area (Å²) in [5.41, 5.74) is 0.773. The lowest BCUT2D eigenvalue weighted by molar-refractivity contribution is -0.384. The van der Waals surface area contributed by atoms with Crippen molar-refractivity contribution in [3.05, 3.63) is 74.4 Å². The molecule has 28 heavy (non-hydrogen) atoms. The molecule has 1 aliphatic rings. The van der Waals surface area contributed by atoms with Gasteiger partial charge in [0.15, 0.2) is 5.70 Å². The fourth-order valence-corrected chi connectivity index (χ4v) is 2.56. The number of hydrogen-bond acceptors (Lipinski definition) is 7. The number of non-ortho nitro benzene ring substituents is 1. The first-order valence-electron chi connectivity index (χ1n) is 8.15. The highest BCUT2D eigenvalue weighted by molar-refractivity contribution is 6.34. The molecule has 1 aliphatic heterocycles. The van der Waals surface area contributed by atoms with Crippen LogP contribution in [0.1, 0.15) is 24.5 Å². The second kappa shape index (κ2) is 8.01. The molecule has 8 nitrogen and oxygen atoms in total. The van der Waals surface area contributed by atoms with Crippen molar-refractivity contribution in [1.29, 1.82) is 0 Å². The summed E-state index contributed by atoms with van der Waals surface area (Å²) in [5.74, 6) is -0.667. The number of rotatable bonds is 5. The molecule has 0 N–H and O–H groups in total. The summed E-state index contributed by atoms with van der Waals surface area (Å²) in [6, 6.07) is 10.3. The first-order chi connectivity index (χ1) is 13.4. The first-order valence-corrected chi connectivity index (χ1v) is 8.53. The summed E-state index contributed by atoms with van der Waals surface area (Å²) < 4.78 is 10.2. The number of nitro benzene ring substituents is 1. The minimum atomic E-state index is -0.675. The zero-order valence-corrected chi connectivity index (χ0v) is 15.3. The van der Waals surface area contributed by atoms with Crippen molar-refractivity contribution in [2.75, 3.05) is 0 Å². The van der Waals surface area contributed by atoms with Crippen LogP contribution in [0.25, 0.3) is 6.08 Å². The smallest absolute Gasteiger partial charge is 0.363 e. The zero-order chi connectivity index (χ0) is 20.3. The molecule has 142 valence electrons. The maximum absolute atomic E-state index is 12.1. The van der Waals surface area contributed by atoms with E-state index in [-0.39, 0.29) is 40.3 Å². The number of benzene rings is 2. The number of hydrogen-bond donors (Lipinski definition) is 0. The Morgan fingerprint density at radius 1 is 1.29 bits per heavy atom. The molecule has 0 atom stereocenters. The lowest BCUT2D eigenvalue weighted by Crippen LogP contribution is -2.06. The molecular weight excluding hydrogens is 388 g/mol. The SMILES string of the molecule is CCC(=O)Oc1ccc(/C=C2\N=C(c3ccc([N+](=O)[O-])cc3Cl)OC2=O)cc1. The van der Waals surface area contributed by atoms with Crippen LogP contribution >= 0.6 is 11.6 Å². The molecular formula is C19H13ClN2O6. The van der Waals surface area contributed by atoms with E-state index in [0.29, 0.717) is 11.3 Å². The average molecular weight is 401 g/mol. The second-order valence-corrected chi connectivity index (χ2v) is 6.06. The van der Waals surface area contributed by atoms with Crippen molar-refractivity contribution in [3.8, 4) is 5.75 Å². The Balaban J connectivity index is 1.83. The normalized spacial score (nSPS) is 14.6. The topological polar surface area (TPSA) is 108 Å². The molecule has 0 bridgehead atoms. The molecule has 1 heterocycles. The maximum atomic E-state index is 12.1. The van der Waals surface area contributed by atoms with Crippen molar-refractivity contribution in [1.82, 2.24) is 0 Å². The van der Waals surface area contributed by atoms with Crippen LogP contribution in [0.3, 0.4) is 0 Å². The maximum Gasteiger partial charge on any atom is 0.363 e. The van der Waals surface area contributed by atoms with Crippen LogP contribution < -0.4 is 4.74 Å². The van der Waals surface area contributed by atoms with E-state index in [4.69, 9.17) is 21.1 Å². The van der Waals surface area contributed by atoms with Gasteiger partial charge in [-0.3, -0.25) is 14.9 Å². The molecule has 0 unspecified atom stereocenters. The lowest BCUT2D eigenvalue weighted by atomic mass is 10.2. The highest BCUT2D eigenvalue weighted by atomic mass is 35.5. The third-order valence-corrected chi connectivity index (χ3v) is 4.03. The van der Waals surface area contributed by atoms with Gasteiger partial charge in [0.05, 0.1) is 15.5 Å². The summed E-state index contributed by atoms with van der Waals surface area (Å²) in [7, 11) is 0. The number of aliphatic imine (C=N–C) groups is 1. The molecule has 0 amide bonds. The number of esters is 2. The van der Waals surface area contributed by atoms with E-state index >= 15 is 0 Å². The number of carbonyl (C=O) groups is 2. The Labute approximate surface area is 164 Å². The molecule has 3 rings (SSSR count). The van der Waals surface area contributed by atoms with Crippen LogP contribution in [0.2, 0.25) is 5.02 Å². The largest absolute Gasteiger partial charge is 0.427 e. The lowest BCUT2D eigenvalue weighted by Gasteiger charge is -2.02. The molecule has 2 aromatic carbocycles. The van der Waals surface area contributed by atoms with Gasteiger partial charge in [-0.15, -0.1) is 0 Å². The van der Waals surface area contributed by atoms with Crippen LogP contribution in [-0.4, -0.2) is 22.8 Å². The summed E-state index contributed by atoms with van der Waals surface area (Å²) in [6.45, 7) is 1.69. The standard InChI is InChI=1S/C19H13ClN2O6/c1-2-17(23)27-13-6-3-11(4-7-13)9-16-19(24)28-18(21-16)14-8-5-12(22(25)26)10-15(14)20/h3-10H,2H2,1H3/b16-9-. The number of ether oxygens (including phenoxy) is 2. The van der Waals surface area contributed by atoms with E-state index < -0.39 is 10.9 Å². The van der Waals surface area contributed by atoms with Crippen molar-refractivity contribution in [2.24, 2.45) is 4.99 Å². The predicted octanol–water partition coefficient (Wildman–Crippen LogP) is 3.91. The van der Waals surface area contributed by atoms with Crippen molar-refractivity contribution < 1.29 is 24.0 Å². The second-order valence-electron chi connectivity index (χ2n) is 5.65.